The second-order valence-electron chi connectivity index (χ2n) is 12.4. The van der Waals surface area contributed by atoms with Crippen LogP contribution in [-0.4, -0.2) is 11.8 Å². The molecule has 2 N–H and O–H groups in total. The Morgan fingerprint density at radius 1 is 0.420 bits per heavy atom. The summed E-state index contributed by atoms with van der Waals surface area (Å²) in [5.41, 5.74) is 9.46. The number of benzene rings is 7. The van der Waals surface area contributed by atoms with Crippen molar-refractivity contribution in [2.24, 2.45) is 0 Å². The van der Waals surface area contributed by atoms with Crippen LogP contribution in [0.3, 0.4) is 0 Å². The van der Waals surface area contributed by atoms with Gasteiger partial charge in [0, 0.05) is 11.1 Å². The summed E-state index contributed by atoms with van der Waals surface area (Å²) < 4.78 is 18.8. The van der Waals surface area contributed by atoms with Crippen molar-refractivity contribution in [2.45, 2.75) is 5.41 Å². The maximum absolute atomic E-state index is 8.56. The van der Waals surface area contributed by atoms with Gasteiger partial charge in [-0.3, -0.25) is 10.8 Å². The molecule has 2 aliphatic rings. The van der Waals surface area contributed by atoms with Gasteiger partial charge in [-0.1, -0.05) is 121 Å². The van der Waals surface area contributed by atoms with Crippen LogP contribution in [0.5, 0.6) is 23.0 Å². The molecule has 0 saturated carbocycles. The van der Waals surface area contributed by atoms with Gasteiger partial charge in [-0.25, -0.2) is 0 Å². The van der Waals surface area contributed by atoms with Gasteiger partial charge in [-0.05, 0) is 93.0 Å². The van der Waals surface area contributed by atoms with Crippen molar-refractivity contribution in [3.05, 3.63) is 203 Å². The SMILES string of the molecule is N=C(OC(=N)c1cccc(-c2ccc3c(c2)Oc2cc4c(cc2O3)-c2ccccc2C4(c2ccccc2)c2ccccc2)c1)c1ccccc1. The van der Waals surface area contributed by atoms with Gasteiger partial charge in [0.1, 0.15) is 0 Å². The lowest BCUT2D eigenvalue weighted by Crippen LogP contribution is -2.28. The van der Waals surface area contributed by atoms with E-state index in [1.165, 1.54) is 22.3 Å². The van der Waals surface area contributed by atoms with Gasteiger partial charge >= 0.3 is 0 Å². The highest BCUT2D eigenvalue weighted by Gasteiger charge is 2.47. The van der Waals surface area contributed by atoms with Crippen LogP contribution in [0.25, 0.3) is 22.3 Å². The first kappa shape index (κ1) is 29.4. The highest BCUT2D eigenvalue weighted by Crippen LogP contribution is 2.59. The molecule has 0 spiro atoms. The third-order valence-electron chi connectivity index (χ3n) is 9.60. The zero-order valence-corrected chi connectivity index (χ0v) is 26.9. The molecule has 238 valence electrons. The Morgan fingerprint density at radius 3 is 1.72 bits per heavy atom. The molecule has 7 aromatic carbocycles. The maximum atomic E-state index is 8.56. The Labute approximate surface area is 290 Å². The number of ether oxygens (including phenoxy) is 3. The summed E-state index contributed by atoms with van der Waals surface area (Å²) >= 11 is 0. The molecular formula is C45H30N2O3. The van der Waals surface area contributed by atoms with Crippen molar-refractivity contribution in [2.75, 3.05) is 0 Å². The lowest BCUT2D eigenvalue weighted by Gasteiger charge is -2.34. The van der Waals surface area contributed by atoms with Crippen molar-refractivity contribution in [1.29, 1.82) is 10.8 Å². The van der Waals surface area contributed by atoms with Gasteiger partial charge in [-0.2, -0.15) is 0 Å². The van der Waals surface area contributed by atoms with Crippen molar-refractivity contribution in [1.82, 2.24) is 0 Å². The van der Waals surface area contributed by atoms with E-state index in [-0.39, 0.29) is 11.8 Å². The first-order chi connectivity index (χ1) is 24.6. The summed E-state index contributed by atoms with van der Waals surface area (Å²) in [7, 11) is 0. The average Bonchev–Trinajstić information content (AvgIpc) is 3.46. The zero-order valence-electron chi connectivity index (χ0n) is 26.9. The van der Waals surface area contributed by atoms with Crippen molar-refractivity contribution < 1.29 is 14.2 Å². The van der Waals surface area contributed by atoms with E-state index < -0.39 is 5.41 Å². The fourth-order valence-corrected chi connectivity index (χ4v) is 7.35. The maximum Gasteiger partial charge on any atom is 0.221 e. The Morgan fingerprint density at radius 2 is 0.980 bits per heavy atom. The van der Waals surface area contributed by atoms with E-state index >= 15 is 0 Å². The molecule has 9 rings (SSSR count). The van der Waals surface area contributed by atoms with Crippen molar-refractivity contribution >= 4 is 11.8 Å². The summed E-state index contributed by atoms with van der Waals surface area (Å²) in [6.45, 7) is 0. The first-order valence-corrected chi connectivity index (χ1v) is 16.5. The molecule has 0 amide bonds. The van der Waals surface area contributed by atoms with Gasteiger partial charge in [0.2, 0.25) is 11.8 Å². The second kappa shape index (κ2) is 11.8. The highest BCUT2D eigenvalue weighted by molar-refractivity contribution is 6.05. The predicted molar refractivity (Wildman–Crippen MR) is 197 cm³/mol. The highest BCUT2D eigenvalue weighted by atomic mass is 16.6. The number of hydrogen-bond acceptors (Lipinski definition) is 5. The Balaban J connectivity index is 1.09. The van der Waals surface area contributed by atoms with Crippen LogP contribution >= 0.6 is 0 Å². The largest absolute Gasteiger partial charge is 0.449 e. The molecule has 50 heavy (non-hydrogen) atoms. The summed E-state index contributed by atoms with van der Waals surface area (Å²) in [6, 6.07) is 56.9. The minimum atomic E-state index is -0.543. The topological polar surface area (TPSA) is 75.4 Å². The summed E-state index contributed by atoms with van der Waals surface area (Å²) in [5, 5.41) is 16.9. The molecule has 5 nitrogen and oxygen atoms in total. The molecule has 0 bridgehead atoms. The normalized spacial score (nSPS) is 13.0. The lowest BCUT2D eigenvalue weighted by atomic mass is 9.67. The minimum Gasteiger partial charge on any atom is -0.449 e. The molecule has 1 aliphatic heterocycles. The average molecular weight is 647 g/mol. The van der Waals surface area contributed by atoms with E-state index in [0.717, 1.165) is 22.3 Å². The third kappa shape index (κ3) is 4.71. The van der Waals surface area contributed by atoms with Crippen LogP contribution in [0.2, 0.25) is 0 Å². The second-order valence-corrected chi connectivity index (χ2v) is 12.4. The molecule has 0 unspecified atom stereocenters. The number of nitrogens with one attached hydrogen (secondary N) is 2. The Hall–Kier alpha value is -6.72. The molecular weight excluding hydrogens is 617 g/mol. The molecule has 0 saturated heterocycles. The smallest absolute Gasteiger partial charge is 0.221 e. The van der Waals surface area contributed by atoms with E-state index in [4.69, 9.17) is 25.0 Å². The standard InChI is InChI=1S/C45H30N2O3/c46-43(29-13-4-1-5-14-29)50-44(47)32-16-12-15-30(25-32)31-23-24-39-40(26-31)49-42-28-38-36(27-41(42)48-39)35-21-10-11-22-37(35)45(38,33-17-6-2-7-18-33)34-19-8-3-9-20-34/h1-28,46-47H. The van der Waals surface area contributed by atoms with Crippen LogP contribution < -0.4 is 9.47 Å². The van der Waals surface area contributed by atoms with E-state index in [0.29, 0.717) is 34.1 Å². The van der Waals surface area contributed by atoms with Crippen LogP contribution in [-0.2, 0) is 10.2 Å². The lowest BCUT2D eigenvalue weighted by molar-refractivity contribution is 0.359. The minimum absolute atomic E-state index is 0.0721. The monoisotopic (exact) mass is 646 g/mol. The zero-order chi connectivity index (χ0) is 33.7. The van der Waals surface area contributed by atoms with E-state index in [9.17, 15) is 0 Å². The van der Waals surface area contributed by atoms with E-state index in [1.807, 2.05) is 60.7 Å². The van der Waals surface area contributed by atoms with Gasteiger partial charge in [0.05, 0.1) is 5.41 Å². The van der Waals surface area contributed by atoms with Crippen molar-refractivity contribution in [3.63, 3.8) is 0 Å². The third-order valence-corrected chi connectivity index (χ3v) is 9.60. The van der Waals surface area contributed by atoms with Crippen LogP contribution in [0.15, 0.2) is 170 Å². The first-order valence-electron chi connectivity index (χ1n) is 16.5. The van der Waals surface area contributed by atoms with Crippen LogP contribution in [0.4, 0.5) is 0 Å². The quantitative estimate of drug-likeness (QED) is 0.144. The van der Waals surface area contributed by atoms with E-state index in [1.54, 1.807) is 12.1 Å². The van der Waals surface area contributed by atoms with Gasteiger partial charge in [-0.15, -0.1) is 0 Å². The molecule has 5 heteroatoms. The van der Waals surface area contributed by atoms with Crippen LogP contribution in [0.1, 0.15) is 33.4 Å². The van der Waals surface area contributed by atoms with E-state index in [2.05, 4.69) is 97.1 Å². The molecule has 0 atom stereocenters. The Kier molecular flexibility index (Phi) is 6.92. The molecule has 1 aliphatic carbocycles. The molecule has 0 fully saturated rings. The molecule has 7 aromatic rings. The van der Waals surface area contributed by atoms with Crippen LogP contribution in [0, 0.1) is 10.8 Å². The van der Waals surface area contributed by atoms with Gasteiger partial charge in [0.15, 0.2) is 23.0 Å². The summed E-state index contributed by atoms with van der Waals surface area (Å²) in [6.07, 6.45) is 0. The van der Waals surface area contributed by atoms with Crippen molar-refractivity contribution in [3.8, 4) is 45.3 Å². The summed E-state index contributed by atoms with van der Waals surface area (Å²) in [4.78, 5) is 0. The number of fused-ring (bicyclic) bond motifs is 5. The molecule has 0 aromatic heterocycles. The Bertz CT molecular complexity index is 2400. The fraction of sp³-hybridized carbons (Fsp3) is 0.0222. The number of hydrogen-bond donors (Lipinski definition) is 2. The number of rotatable bonds is 5. The summed E-state index contributed by atoms with van der Waals surface area (Å²) in [5.74, 6) is 2.40. The van der Waals surface area contributed by atoms with Gasteiger partial charge in [0.25, 0.3) is 0 Å². The fourth-order valence-electron chi connectivity index (χ4n) is 7.35. The predicted octanol–water partition coefficient (Wildman–Crippen LogP) is 11.0. The molecule has 1 heterocycles. The van der Waals surface area contributed by atoms with Gasteiger partial charge < -0.3 is 14.2 Å². The molecule has 0 radical (unpaired) electrons.